The molecule has 226 valence electrons. The second-order valence-electron chi connectivity index (χ2n) is 12.6. The van der Waals surface area contributed by atoms with Gasteiger partial charge in [0.1, 0.15) is 23.4 Å². The number of phenolic OH excluding ortho intramolecular Hbond substituents is 2. The van der Waals surface area contributed by atoms with Crippen LogP contribution in [0.1, 0.15) is 63.3 Å². The number of hydrogen-bond acceptors (Lipinski definition) is 6. The van der Waals surface area contributed by atoms with E-state index in [9.17, 15) is 15.3 Å². The summed E-state index contributed by atoms with van der Waals surface area (Å²) in [6.07, 6.45) is 7.72. The van der Waals surface area contributed by atoms with E-state index in [-0.39, 0.29) is 23.3 Å². The maximum atomic E-state index is 11.6. The number of aromatic hydroxyl groups is 2. The van der Waals surface area contributed by atoms with Gasteiger partial charge in [-0.3, -0.25) is 0 Å². The number of aliphatic hydroxyl groups excluding tert-OH is 1. The number of ether oxygens (including phenoxy) is 3. The first-order chi connectivity index (χ1) is 22.0. The summed E-state index contributed by atoms with van der Waals surface area (Å²) in [4.78, 5) is 3.30. The lowest BCUT2D eigenvalue weighted by Crippen LogP contribution is -2.33. The second-order valence-corrected chi connectivity index (χ2v) is 12.6. The Morgan fingerprint density at radius 1 is 0.889 bits per heavy atom. The molecule has 0 spiro atoms. The summed E-state index contributed by atoms with van der Waals surface area (Å²) in [5.41, 5.74) is 10.5. The van der Waals surface area contributed by atoms with Crippen molar-refractivity contribution >= 4 is 17.0 Å². The number of methoxy groups -OCH3 is 1. The van der Waals surface area contributed by atoms with Gasteiger partial charge in [-0.05, 0) is 94.8 Å². The zero-order valence-corrected chi connectivity index (χ0v) is 24.8. The molecule has 7 heteroatoms. The van der Waals surface area contributed by atoms with Crippen LogP contribution in [-0.2, 0) is 19.3 Å². The number of hydrogen-bond donors (Lipinski definition) is 4. The highest BCUT2D eigenvalue weighted by molar-refractivity contribution is 5.89. The number of aliphatic hydroxyl groups is 1. The van der Waals surface area contributed by atoms with Crippen molar-refractivity contribution in [1.82, 2.24) is 4.98 Å². The number of rotatable bonds is 3. The minimum Gasteiger partial charge on any atom is -0.507 e. The molecule has 7 nitrogen and oxygen atoms in total. The molecule has 45 heavy (non-hydrogen) atoms. The maximum absolute atomic E-state index is 11.6. The van der Waals surface area contributed by atoms with Crippen LogP contribution in [0.3, 0.4) is 0 Å². The van der Waals surface area contributed by atoms with E-state index in [0.717, 1.165) is 80.8 Å². The van der Waals surface area contributed by atoms with Gasteiger partial charge in [-0.15, -0.1) is 0 Å². The summed E-state index contributed by atoms with van der Waals surface area (Å²) in [7, 11) is 1.51. The second kappa shape index (κ2) is 9.81. The van der Waals surface area contributed by atoms with Crippen molar-refractivity contribution in [1.29, 1.82) is 0 Å². The largest absolute Gasteiger partial charge is 0.507 e. The van der Waals surface area contributed by atoms with Gasteiger partial charge in [0.05, 0.1) is 19.8 Å². The first kappa shape index (κ1) is 26.5. The van der Waals surface area contributed by atoms with E-state index in [0.29, 0.717) is 18.8 Å². The lowest BCUT2D eigenvalue weighted by atomic mass is 9.65. The average Bonchev–Trinajstić information content (AvgIpc) is 3.54. The Morgan fingerprint density at radius 2 is 1.76 bits per heavy atom. The Morgan fingerprint density at radius 3 is 2.64 bits per heavy atom. The highest BCUT2D eigenvalue weighted by Gasteiger charge is 2.43. The molecule has 0 unspecified atom stereocenters. The van der Waals surface area contributed by atoms with Crippen LogP contribution < -0.4 is 14.2 Å². The first-order valence-corrected chi connectivity index (χ1v) is 15.7. The number of benzene rings is 4. The monoisotopic (exact) mass is 599 g/mol. The van der Waals surface area contributed by atoms with Crippen LogP contribution in [0.2, 0.25) is 0 Å². The van der Waals surface area contributed by atoms with Crippen LogP contribution in [0.15, 0.2) is 66.9 Å². The van der Waals surface area contributed by atoms with Crippen molar-refractivity contribution in [3.8, 4) is 39.9 Å². The van der Waals surface area contributed by atoms with Gasteiger partial charge in [0.15, 0.2) is 11.5 Å². The van der Waals surface area contributed by atoms with E-state index in [4.69, 9.17) is 14.2 Å². The Labute approximate surface area is 260 Å². The van der Waals surface area contributed by atoms with E-state index >= 15 is 0 Å². The third kappa shape index (κ3) is 3.86. The molecule has 3 heterocycles. The molecule has 1 aromatic heterocycles. The Bertz CT molecular complexity index is 2060. The lowest BCUT2D eigenvalue weighted by Gasteiger charge is -2.42. The fourth-order valence-electron chi connectivity index (χ4n) is 8.22. The Balaban J connectivity index is 1.23. The molecule has 2 aliphatic carbocycles. The molecule has 4 N–H and O–H groups in total. The fourth-order valence-corrected chi connectivity index (χ4v) is 8.22. The molecule has 4 aliphatic rings. The van der Waals surface area contributed by atoms with Crippen molar-refractivity contribution in [2.45, 2.75) is 49.7 Å². The topological polar surface area (TPSA) is 104 Å². The number of phenols is 2. The SMILES string of the molecule is COc1cc([C@H]2Oc3c(c4c(c5c3CCCO5)-c3ccc(O)c5c3[C@H](C4)[C@@H](c3ccc4[nH]ccc4c3)C=C5)C[C@H]2O)ccc1O. The molecule has 5 aromatic rings. The highest BCUT2D eigenvalue weighted by Crippen LogP contribution is 2.59. The van der Waals surface area contributed by atoms with Crippen molar-refractivity contribution < 1.29 is 29.5 Å². The van der Waals surface area contributed by atoms with Gasteiger partial charge in [0.2, 0.25) is 0 Å². The van der Waals surface area contributed by atoms with E-state index < -0.39 is 12.2 Å². The van der Waals surface area contributed by atoms with E-state index in [1.165, 1.54) is 18.1 Å². The molecule has 0 fully saturated rings. The molecule has 9 rings (SSSR count). The minimum atomic E-state index is -0.798. The number of H-pyrrole nitrogens is 1. The highest BCUT2D eigenvalue weighted by atomic mass is 16.5. The van der Waals surface area contributed by atoms with Crippen LogP contribution in [0.5, 0.6) is 28.7 Å². The number of aromatic nitrogens is 1. The fraction of sp³-hybridized carbons (Fsp3) is 0.263. The predicted molar refractivity (Wildman–Crippen MR) is 172 cm³/mol. The van der Waals surface area contributed by atoms with Gasteiger partial charge < -0.3 is 34.5 Å². The summed E-state index contributed by atoms with van der Waals surface area (Å²) in [5, 5.41) is 34.0. The summed E-state index contributed by atoms with van der Waals surface area (Å²) in [5.74, 6) is 2.53. The van der Waals surface area contributed by atoms with Gasteiger partial charge in [0, 0.05) is 46.3 Å². The average molecular weight is 600 g/mol. The molecule has 0 bridgehead atoms. The number of fused-ring (bicyclic) bond motifs is 8. The Hall–Kier alpha value is -4.88. The smallest absolute Gasteiger partial charge is 0.160 e. The zero-order chi connectivity index (χ0) is 30.4. The molecule has 0 radical (unpaired) electrons. The summed E-state index contributed by atoms with van der Waals surface area (Å²) < 4.78 is 18.6. The van der Waals surface area contributed by atoms with Crippen molar-refractivity contribution in [2.75, 3.05) is 13.7 Å². The maximum Gasteiger partial charge on any atom is 0.160 e. The lowest BCUT2D eigenvalue weighted by molar-refractivity contribution is 0.0191. The molecule has 0 saturated heterocycles. The minimum absolute atomic E-state index is 0.0441. The van der Waals surface area contributed by atoms with Crippen LogP contribution in [0.4, 0.5) is 0 Å². The number of allylic oxidation sites excluding steroid dienone is 1. The summed E-state index contributed by atoms with van der Waals surface area (Å²) in [6.45, 7) is 0.627. The normalized spacial score (nSPS) is 22.4. The number of nitrogens with one attached hydrogen (secondary N) is 1. The van der Waals surface area contributed by atoms with E-state index in [1.54, 1.807) is 24.3 Å². The Kier molecular flexibility index (Phi) is 5.78. The van der Waals surface area contributed by atoms with Gasteiger partial charge >= 0.3 is 0 Å². The third-order valence-corrected chi connectivity index (χ3v) is 10.3. The predicted octanol–water partition coefficient (Wildman–Crippen LogP) is 7.07. The quantitative estimate of drug-likeness (QED) is 0.177. The van der Waals surface area contributed by atoms with E-state index in [2.05, 4.69) is 41.4 Å². The van der Waals surface area contributed by atoms with Crippen molar-refractivity contribution in [3.05, 3.63) is 106 Å². The summed E-state index contributed by atoms with van der Waals surface area (Å²) >= 11 is 0. The summed E-state index contributed by atoms with van der Waals surface area (Å²) in [6, 6.07) is 17.6. The molecule has 4 atom stereocenters. The third-order valence-electron chi connectivity index (χ3n) is 10.3. The van der Waals surface area contributed by atoms with Crippen LogP contribution in [0, 0.1) is 0 Å². The molecule has 4 aromatic carbocycles. The van der Waals surface area contributed by atoms with Crippen molar-refractivity contribution in [3.63, 3.8) is 0 Å². The van der Waals surface area contributed by atoms with Crippen LogP contribution in [-0.4, -0.2) is 40.1 Å². The van der Waals surface area contributed by atoms with Crippen molar-refractivity contribution in [2.24, 2.45) is 0 Å². The first-order valence-electron chi connectivity index (χ1n) is 15.7. The molecule has 0 amide bonds. The van der Waals surface area contributed by atoms with Gasteiger partial charge in [0.25, 0.3) is 0 Å². The number of aromatic amines is 1. The van der Waals surface area contributed by atoms with Gasteiger partial charge in [-0.2, -0.15) is 0 Å². The molecule has 2 aliphatic heterocycles. The van der Waals surface area contributed by atoms with E-state index in [1.807, 2.05) is 12.3 Å². The van der Waals surface area contributed by atoms with Crippen LogP contribution in [0.25, 0.3) is 28.1 Å². The van der Waals surface area contributed by atoms with Crippen LogP contribution >= 0.6 is 0 Å². The van der Waals surface area contributed by atoms with Gasteiger partial charge in [-0.25, -0.2) is 0 Å². The zero-order valence-electron chi connectivity index (χ0n) is 24.8. The molecular weight excluding hydrogens is 566 g/mol. The van der Waals surface area contributed by atoms with Gasteiger partial charge in [-0.1, -0.05) is 30.4 Å². The molecular formula is C38H33NO6. The molecule has 0 saturated carbocycles. The standard InChI is InChI=1S/C38H33NO6/c1-43-33-16-21(5-10-31(33)41)36-32(42)18-28-27-17-26-22(19-4-9-29-20(15-19)12-13-39-29)6-7-23-30(40)11-8-24(34(23)26)35(27)38-25(37(28)45-36)3-2-14-44-38/h4-13,15-16,22,26,32,36,39-42H,2-3,14,17-18H2,1H3/t22-,26-,32-,36-/m1/s1.